The largest absolute Gasteiger partial charge is 0.399 e. The molecular weight excluding hydrogens is 290 g/mol. The minimum atomic E-state index is -3.16. The molecule has 6 nitrogen and oxygen atoms in total. The van der Waals surface area contributed by atoms with Gasteiger partial charge in [0.25, 0.3) is 0 Å². The minimum absolute atomic E-state index is 0.155. The Labute approximate surface area is 126 Å². The number of nitrogen functional groups attached to an aromatic ring is 1. The van der Waals surface area contributed by atoms with E-state index in [9.17, 15) is 8.42 Å². The van der Waals surface area contributed by atoms with Crippen molar-refractivity contribution in [1.29, 1.82) is 0 Å². The van der Waals surface area contributed by atoms with Gasteiger partial charge in [-0.05, 0) is 30.7 Å². The Morgan fingerprint density at radius 1 is 1.14 bits per heavy atom. The molecule has 0 unspecified atom stereocenters. The van der Waals surface area contributed by atoms with Crippen molar-refractivity contribution in [3.8, 4) is 0 Å². The molecule has 1 fully saturated rings. The fraction of sp³-hybridized carbons (Fsp3) is 0.571. The number of methoxy groups -OCH3 is 1. The van der Waals surface area contributed by atoms with E-state index in [1.807, 2.05) is 24.3 Å². The van der Waals surface area contributed by atoms with Crippen LogP contribution in [0.3, 0.4) is 0 Å². The maximum absolute atomic E-state index is 12.2. The molecule has 2 rings (SSSR count). The number of ether oxygens (including phenoxy) is 1. The zero-order valence-electron chi connectivity index (χ0n) is 12.4. The van der Waals surface area contributed by atoms with Gasteiger partial charge in [-0.2, -0.15) is 4.31 Å². The second-order valence-corrected chi connectivity index (χ2v) is 7.23. The van der Waals surface area contributed by atoms with E-state index in [-0.39, 0.29) is 5.75 Å². The van der Waals surface area contributed by atoms with Gasteiger partial charge in [0.1, 0.15) is 0 Å². The molecule has 0 amide bonds. The van der Waals surface area contributed by atoms with Crippen LogP contribution in [0, 0.1) is 0 Å². The first-order chi connectivity index (χ1) is 10.0. The lowest BCUT2D eigenvalue weighted by molar-refractivity contribution is 0.199. The number of anilines is 2. The quantitative estimate of drug-likeness (QED) is 0.620. The standard InChI is InChI=1S/C14H23N3O3S/c1-20-11-2-12-21(18,19)17-9-7-16(8-10-17)14-5-3-13(15)4-6-14/h3-6H,2,7-12,15H2,1H3. The number of nitrogens with zero attached hydrogens (tertiary/aromatic N) is 2. The van der Waals surface area contributed by atoms with E-state index >= 15 is 0 Å². The van der Waals surface area contributed by atoms with Gasteiger partial charge in [0.15, 0.2) is 0 Å². The van der Waals surface area contributed by atoms with E-state index in [1.165, 1.54) is 0 Å². The van der Waals surface area contributed by atoms with Crippen molar-refractivity contribution in [3.63, 3.8) is 0 Å². The van der Waals surface area contributed by atoms with Crippen LogP contribution in [0.5, 0.6) is 0 Å². The number of hydrogen-bond acceptors (Lipinski definition) is 5. The topological polar surface area (TPSA) is 75.9 Å². The van der Waals surface area contributed by atoms with E-state index in [2.05, 4.69) is 4.90 Å². The van der Waals surface area contributed by atoms with Gasteiger partial charge in [-0.25, -0.2) is 8.42 Å². The fourth-order valence-electron chi connectivity index (χ4n) is 2.42. The molecule has 21 heavy (non-hydrogen) atoms. The van der Waals surface area contributed by atoms with Crippen LogP contribution in [0.25, 0.3) is 0 Å². The van der Waals surface area contributed by atoms with Gasteiger partial charge in [0.2, 0.25) is 10.0 Å². The third-order valence-electron chi connectivity index (χ3n) is 3.64. The first-order valence-corrected chi connectivity index (χ1v) is 8.71. The summed E-state index contributed by atoms with van der Waals surface area (Å²) >= 11 is 0. The lowest BCUT2D eigenvalue weighted by Gasteiger charge is -2.35. The molecule has 1 saturated heterocycles. The van der Waals surface area contributed by atoms with Crippen LogP contribution < -0.4 is 10.6 Å². The number of sulfonamides is 1. The minimum Gasteiger partial charge on any atom is -0.399 e. The van der Waals surface area contributed by atoms with Crippen molar-refractivity contribution >= 4 is 21.4 Å². The molecule has 0 spiro atoms. The van der Waals surface area contributed by atoms with Gasteiger partial charge in [-0.1, -0.05) is 0 Å². The van der Waals surface area contributed by atoms with E-state index in [1.54, 1.807) is 11.4 Å². The number of piperazine rings is 1. The Morgan fingerprint density at radius 2 is 1.76 bits per heavy atom. The molecular formula is C14H23N3O3S. The average Bonchev–Trinajstić information content (AvgIpc) is 2.48. The van der Waals surface area contributed by atoms with Crippen molar-refractivity contribution in [3.05, 3.63) is 24.3 Å². The second-order valence-electron chi connectivity index (χ2n) is 5.14. The Bertz CT molecular complexity index is 537. The van der Waals surface area contributed by atoms with Gasteiger partial charge in [0, 0.05) is 51.3 Å². The molecule has 0 radical (unpaired) electrons. The predicted octanol–water partition coefficient (Wildman–Crippen LogP) is 0.757. The third-order valence-corrected chi connectivity index (χ3v) is 5.60. The Hall–Kier alpha value is -1.31. The van der Waals surface area contributed by atoms with Gasteiger partial charge in [-0.15, -0.1) is 0 Å². The highest BCUT2D eigenvalue weighted by Crippen LogP contribution is 2.19. The highest BCUT2D eigenvalue weighted by Gasteiger charge is 2.26. The van der Waals surface area contributed by atoms with Crippen LogP contribution in [0.15, 0.2) is 24.3 Å². The van der Waals surface area contributed by atoms with Gasteiger partial charge >= 0.3 is 0 Å². The number of benzene rings is 1. The maximum atomic E-state index is 12.2. The lowest BCUT2D eigenvalue weighted by Crippen LogP contribution is -2.49. The molecule has 0 atom stereocenters. The van der Waals surface area contributed by atoms with E-state index in [4.69, 9.17) is 10.5 Å². The number of nitrogens with two attached hydrogens (primary N) is 1. The molecule has 118 valence electrons. The van der Waals surface area contributed by atoms with Gasteiger partial charge < -0.3 is 15.4 Å². The predicted molar refractivity (Wildman–Crippen MR) is 84.9 cm³/mol. The Balaban J connectivity index is 1.89. The lowest BCUT2D eigenvalue weighted by atomic mass is 10.2. The van der Waals surface area contributed by atoms with E-state index in [0.717, 1.165) is 11.4 Å². The summed E-state index contributed by atoms with van der Waals surface area (Å²) in [5.41, 5.74) is 7.50. The van der Waals surface area contributed by atoms with Gasteiger partial charge in [0.05, 0.1) is 5.75 Å². The maximum Gasteiger partial charge on any atom is 0.214 e. The zero-order valence-corrected chi connectivity index (χ0v) is 13.2. The zero-order chi connectivity index (χ0) is 15.3. The summed E-state index contributed by atoms with van der Waals surface area (Å²) in [6.07, 6.45) is 0.539. The monoisotopic (exact) mass is 313 g/mol. The highest BCUT2D eigenvalue weighted by atomic mass is 32.2. The van der Waals surface area contributed by atoms with Crippen molar-refractivity contribution in [2.45, 2.75) is 6.42 Å². The van der Waals surface area contributed by atoms with Crippen LogP contribution in [0.2, 0.25) is 0 Å². The summed E-state index contributed by atoms with van der Waals surface area (Å²) < 4.78 is 30.9. The number of rotatable bonds is 6. The van der Waals surface area contributed by atoms with Crippen molar-refractivity contribution in [1.82, 2.24) is 4.31 Å². The SMILES string of the molecule is COCCCS(=O)(=O)N1CCN(c2ccc(N)cc2)CC1. The first-order valence-electron chi connectivity index (χ1n) is 7.10. The number of hydrogen-bond donors (Lipinski definition) is 1. The molecule has 1 aromatic carbocycles. The molecule has 2 N–H and O–H groups in total. The molecule has 0 aliphatic carbocycles. The van der Waals surface area contributed by atoms with Crippen molar-refractivity contribution < 1.29 is 13.2 Å². The van der Waals surface area contributed by atoms with E-state index in [0.29, 0.717) is 39.2 Å². The fourth-order valence-corrected chi connectivity index (χ4v) is 3.88. The third kappa shape index (κ3) is 4.33. The second kappa shape index (κ2) is 7.11. The summed E-state index contributed by atoms with van der Waals surface area (Å²) in [5, 5.41) is 0. The van der Waals surface area contributed by atoms with Crippen LogP contribution in [-0.2, 0) is 14.8 Å². The molecule has 1 aliphatic rings. The van der Waals surface area contributed by atoms with Crippen LogP contribution in [-0.4, -0.2) is 58.4 Å². The first kappa shape index (κ1) is 16.1. The van der Waals surface area contributed by atoms with Gasteiger partial charge in [-0.3, -0.25) is 0 Å². The van der Waals surface area contributed by atoms with Crippen molar-refractivity contribution in [2.75, 3.05) is 56.3 Å². The summed E-state index contributed by atoms with van der Waals surface area (Å²) in [7, 11) is -1.58. The van der Waals surface area contributed by atoms with E-state index < -0.39 is 10.0 Å². The summed E-state index contributed by atoms with van der Waals surface area (Å²) in [6.45, 7) is 2.94. The molecule has 1 heterocycles. The highest BCUT2D eigenvalue weighted by molar-refractivity contribution is 7.89. The summed E-state index contributed by atoms with van der Waals surface area (Å²) in [6, 6.07) is 7.67. The molecule has 0 aromatic heterocycles. The average molecular weight is 313 g/mol. The normalized spacial score (nSPS) is 17.1. The molecule has 7 heteroatoms. The molecule has 0 bridgehead atoms. The summed E-state index contributed by atoms with van der Waals surface area (Å²) in [5.74, 6) is 0.155. The Kier molecular flexibility index (Phi) is 5.44. The van der Waals surface area contributed by atoms with Crippen LogP contribution in [0.4, 0.5) is 11.4 Å². The smallest absolute Gasteiger partial charge is 0.214 e. The molecule has 1 aromatic rings. The molecule has 1 aliphatic heterocycles. The van der Waals surface area contributed by atoms with Crippen molar-refractivity contribution in [2.24, 2.45) is 0 Å². The van der Waals surface area contributed by atoms with Crippen LogP contribution >= 0.6 is 0 Å². The Morgan fingerprint density at radius 3 is 2.33 bits per heavy atom. The molecule has 0 saturated carbocycles. The summed E-state index contributed by atoms with van der Waals surface area (Å²) in [4.78, 5) is 2.18. The van der Waals surface area contributed by atoms with Crippen LogP contribution in [0.1, 0.15) is 6.42 Å².